The summed E-state index contributed by atoms with van der Waals surface area (Å²) in [6.45, 7) is 5.83. The van der Waals surface area contributed by atoms with E-state index in [1.165, 1.54) is 6.07 Å². The molecule has 2 aromatic rings. The molecular weight excluding hydrogens is 350 g/mol. The summed E-state index contributed by atoms with van der Waals surface area (Å²) < 4.78 is 32.1. The van der Waals surface area contributed by atoms with Crippen LogP contribution in [0.1, 0.15) is 52.3 Å². The monoisotopic (exact) mass is 371 g/mol. The Balaban J connectivity index is 2.21. The predicted molar refractivity (Wildman–Crippen MR) is 93.2 cm³/mol. The lowest BCUT2D eigenvalue weighted by atomic mass is 9.97. The van der Waals surface area contributed by atoms with E-state index in [1.807, 2.05) is 20.8 Å². The summed E-state index contributed by atoms with van der Waals surface area (Å²) in [5.41, 5.74) is 0.301. The predicted octanol–water partition coefficient (Wildman–Crippen LogP) is 3.86. The van der Waals surface area contributed by atoms with Gasteiger partial charge in [-0.1, -0.05) is 45.2 Å². The molecule has 0 spiro atoms. The van der Waals surface area contributed by atoms with Crippen molar-refractivity contribution in [3.05, 3.63) is 23.0 Å². The molecule has 5 nitrogen and oxygen atoms in total. The number of hydrogen-bond donors (Lipinski definition) is 1. The first kappa shape index (κ1) is 17.7. The van der Waals surface area contributed by atoms with Crippen molar-refractivity contribution in [2.24, 2.45) is 0 Å². The molecule has 7 heteroatoms. The number of sulfone groups is 1. The summed E-state index contributed by atoms with van der Waals surface area (Å²) in [5, 5.41) is 9.45. The molecule has 0 amide bonds. The molecule has 0 unspecified atom stereocenters. The van der Waals surface area contributed by atoms with Crippen LogP contribution < -0.4 is 0 Å². The Bertz CT molecular complexity index is 867. The van der Waals surface area contributed by atoms with Gasteiger partial charge in [0.15, 0.2) is 15.4 Å². The molecule has 1 heterocycles. The number of nitrogens with zero attached hydrogens (tertiary/aromatic N) is 1. The third-order valence-electron chi connectivity index (χ3n) is 4.46. The zero-order chi connectivity index (χ0) is 17.7. The van der Waals surface area contributed by atoms with E-state index >= 15 is 0 Å². The molecule has 1 fully saturated rings. The van der Waals surface area contributed by atoms with E-state index in [0.717, 1.165) is 12.8 Å². The fraction of sp³-hybridized carbons (Fsp3) is 0.588. The number of hydrogen-bond acceptors (Lipinski definition) is 5. The highest BCUT2D eigenvalue weighted by Crippen LogP contribution is 2.38. The summed E-state index contributed by atoms with van der Waals surface area (Å²) >= 11 is 6.23. The average Bonchev–Trinajstić information content (AvgIpc) is 2.91. The van der Waals surface area contributed by atoms with Gasteiger partial charge in [-0.25, -0.2) is 13.4 Å². The quantitative estimate of drug-likeness (QED) is 0.867. The molecule has 1 aliphatic rings. The maximum absolute atomic E-state index is 13.2. The molecule has 0 saturated heterocycles. The van der Waals surface area contributed by atoms with Crippen LogP contribution in [0.2, 0.25) is 5.02 Å². The Morgan fingerprint density at radius 3 is 2.54 bits per heavy atom. The van der Waals surface area contributed by atoms with E-state index in [4.69, 9.17) is 16.0 Å². The number of aliphatic hydroxyl groups excluding tert-OH is 1. The normalized spacial score (nSPS) is 22.9. The molecule has 0 aliphatic heterocycles. The summed E-state index contributed by atoms with van der Waals surface area (Å²) in [6, 6.07) is 3.19. The van der Waals surface area contributed by atoms with E-state index in [2.05, 4.69) is 4.98 Å². The lowest BCUT2D eigenvalue weighted by Gasteiger charge is -2.27. The Labute approximate surface area is 146 Å². The lowest BCUT2D eigenvalue weighted by molar-refractivity contribution is 0.133. The fourth-order valence-corrected chi connectivity index (χ4v) is 5.67. The first-order chi connectivity index (χ1) is 11.1. The van der Waals surface area contributed by atoms with E-state index < -0.39 is 21.2 Å². The first-order valence-electron chi connectivity index (χ1n) is 8.14. The highest BCUT2D eigenvalue weighted by molar-refractivity contribution is 7.92. The van der Waals surface area contributed by atoms with Crippen molar-refractivity contribution in [2.45, 2.75) is 68.1 Å². The number of oxazole rings is 1. The van der Waals surface area contributed by atoms with Crippen molar-refractivity contribution < 1.29 is 17.9 Å². The van der Waals surface area contributed by atoms with Gasteiger partial charge < -0.3 is 9.52 Å². The second-order valence-electron chi connectivity index (χ2n) is 7.43. The zero-order valence-corrected chi connectivity index (χ0v) is 15.6. The van der Waals surface area contributed by atoms with Gasteiger partial charge in [-0.15, -0.1) is 0 Å². The fourth-order valence-electron chi connectivity index (χ4n) is 3.12. The van der Waals surface area contributed by atoms with Gasteiger partial charge in [0.25, 0.3) is 0 Å². The van der Waals surface area contributed by atoms with Gasteiger partial charge in [0, 0.05) is 5.41 Å². The Morgan fingerprint density at radius 2 is 1.92 bits per heavy atom. The van der Waals surface area contributed by atoms with E-state index in [9.17, 15) is 13.5 Å². The van der Waals surface area contributed by atoms with Gasteiger partial charge in [0.1, 0.15) is 10.4 Å². The van der Waals surface area contributed by atoms with Crippen LogP contribution in [-0.4, -0.2) is 29.9 Å². The molecule has 1 N–H and O–H groups in total. The van der Waals surface area contributed by atoms with Gasteiger partial charge in [-0.2, -0.15) is 0 Å². The van der Waals surface area contributed by atoms with Crippen molar-refractivity contribution in [2.75, 3.05) is 0 Å². The van der Waals surface area contributed by atoms with E-state index in [1.54, 1.807) is 6.07 Å². The third kappa shape index (κ3) is 2.95. The molecule has 1 aromatic heterocycles. The molecule has 1 saturated carbocycles. The molecule has 0 radical (unpaired) electrons. The van der Waals surface area contributed by atoms with Crippen LogP contribution in [0.5, 0.6) is 0 Å². The Morgan fingerprint density at radius 1 is 1.25 bits per heavy atom. The van der Waals surface area contributed by atoms with Crippen LogP contribution in [0.25, 0.3) is 11.1 Å². The highest BCUT2D eigenvalue weighted by atomic mass is 35.5. The smallest absolute Gasteiger partial charge is 0.200 e. The van der Waals surface area contributed by atoms with Crippen LogP contribution in [0.15, 0.2) is 21.4 Å². The first-order valence-corrected chi connectivity index (χ1v) is 10.1. The van der Waals surface area contributed by atoms with Crippen molar-refractivity contribution in [3.63, 3.8) is 0 Å². The van der Waals surface area contributed by atoms with Gasteiger partial charge >= 0.3 is 0 Å². The van der Waals surface area contributed by atoms with Gasteiger partial charge in [0.05, 0.1) is 16.4 Å². The standard InChI is InChI=1S/C17H22ClNO4S/c1-17(2,3)16-19-11-9-8-10(18)15(14(11)23-16)24(21,22)13-7-5-4-6-12(13)20/h8-9,12-13,20H,4-7H2,1-3H3/t12-,13-/m1/s1. The minimum absolute atomic E-state index is 0.0457. The van der Waals surface area contributed by atoms with Crippen molar-refractivity contribution >= 4 is 32.5 Å². The van der Waals surface area contributed by atoms with Crippen molar-refractivity contribution in [1.29, 1.82) is 0 Å². The summed E-state index contributed by atoms with van der Waals surface area (Å²) in [7, 11) is -3.82. The van der Waals surface area contributed by atoms with Crippen LogP contribution in [0.3, 0.4) is 0 Å². The summed E-state index contributed by atoms with van der Waals surface area (Å²) in [5.74, 6) is 0.459. The second-order valence-corrected chi connectivity index (χ2v) is 9.94. The Hall–Kier alpha value is -1.11. The lowest BCUT2D eigenvalue weighted by Crippen LogP contribution is -2.37. The third-order valence-corrected chi connectivity index (χ3v) is 7.20. The molecule has 1 aliphatic carbocycles. The molecule has 132 valence electrons. The minimum Gasteiger partial charge on any atom is -0.439 e. The maximum atomic E-state index is 13.2. The highest BCUT2D eigenvalue weighted by Gasteiger charge is 2.39. The molecule has 2 atom stereocenters. The molecule has 24 heavy (non-hydrogen) atoms. The molecular formula is C17H22ClNO4S. The number of fused-ring (bicyclic) bond motifs is 1. The van der Waals surface area contributed by atoms with E-state index in [0.29, 0.717) is 24.2 Å². The number of aromatic nitrogens is 1. The van der Waals surface area contributed by atoms with Gasteiger partial charge in [-0.3, -0.25) is 0 Å². The SMILES string of the molecule is CC(C)(C)c1nc2ccc(Cl)c(S(=O)(=O)[C@@H]3CCCC[C@H]3O)c2o1. The zero-order valence-electron chi connectivity index (χ0n) is 14.0. The van der Waals surface area contributed by atoms with Gasteiger partial charge in [0.2, 0.25) is 5.89 Å². The van der Waals surface area contributed by atoms with E-state index in [-0.39, 0.29) is 20.9 Å². The topological polar surface area (TPSA) is 80.4 Å². The molecule has 0 bridgehead atoms. The van der Waals surface area contributed by atoms with Crippen molar-refractivity contribution in [1.82, 2.24) is 4.98 Å². The number of halogens is 1. The number of benzene rings is 1. The van der Waals surface area contributed by atoms with Crippen LogP contribution >= 0.6 is 11.6 Å². The Kier molecular flexibility index (Phi) is 4.43. The summed E-state index contributed by atoms with van der Waals surface area (Å²) in [6.07, 6.45) is 1.65. The second kappa shape index (κ2) is 6.00. The molecule has 1 aromatic carbocycles. The van der Waals surface area contributed by atoms with Crippen molar-refractivity contribution in [3.8, 4) is 0 Å². The van der Waals surface area contributed by atoms with Crippen LogP contribution in [0, 0.1) is 0 Å². The van der Waals surface area contributed by atoms with Gasteiger partial charge in [-0.05, 0) is 25.0 Å². The van der Waals surface area contributed by atoms with Crippen LogP contribution in [-0.2, 0) is 15.3 Å². The molecule has 3 rings (SSSR count). The summed E-state index contributed by atoms with van der Waals surface area (Å²) in [4.78, 5) is 4.37. The average molecular weight is 372 g/mol. The minimum atomic E-state index is -3.82. The largest absolute Gasteiger partial charge is 0.439 e. The van der Waals surface area contributed by atoms with Crippen LogP contribution in [0.4, 0.5) is 0 Å². The number of aliphatic hydroxyl groups is 1. The maximum Gasteiger partial charge on any atom is 0.200 e. The number of rotatable bonds is 2.